The van der Waals surface area contributed by atoms with Crippen LogP contribution >= 0.6 is 23.2 Å². The zero-order chi connectivity index (χ0) is 19.1. The number of hydrogen-bond acceptors (Lipinski definition) is 4. The number of rotatable bonds is 6. The van der Waals surface area contributed by atoms with E-state index >= 15 is 0 Å². The second-order valence-corrected chi connectivity index (χ2v) is 6.63. The van der Waals surface area contributed by atoms with E-state index in [4.69, 9.17) is 23.2 Å². The molecule has 4 amide bonds. The fraction of sp³-hybridized carbons (Fsp3) is 0.353. The highest BCUT2D eigenvalue weighted by molar-refractivity contribution is 6.35. The molecule has 1 aromatic carbocycles. The number of nitrogens with one attached hydrogen (secondary N) is 3. The van der Waals surface area contributed by atoms with Crippen molar-refractivity contribution in [1.82, 2.24) is 15.5 Å². The number of carbonyl (C=O) groups is 3. The Morgan fingerprint density at radius 3 is 2.81 bits per heavy atom. The quantitative estimate of drug-likeness (QED) is 0.641. The van der Waals surface area contributed by atoms with Crippen molar-refractivity contribution in [2.24, 2.45) is 0 Å². The number of amides is 4. The van der Waals surface area contributed by atoms with Gasteiger partial charge in [-0.05, 0) is 37.6 Å². The number of imide groups is 1. The first-order chi connectivity index (χ1) is 12.4. The largest absolute Gasteiger partial charge is 0.334 e. The Morgan fingerprint density at radius 2 is 2.08 bits per heavy atom. The van der Waals surface area contributed by atoms with Gasteiger partial charge < -0.3 is 10.6 Å². The van der Waals surface area contributed by atoms with E-state index in [0.29, 0.717) is 28.7 Å². The van der Waals surface area contributed by atoms with Crippen LogP contribution in [0.4, 0.5) is 10.5 Å². The number of urea groups is 1. The molecule has 0 unspecified atom stereocenters. The summed E-state index contributed by atoms with van der Waals surface area (Å²) < 4.78 is 0. The van der Waals surface area contributed by atoms with Crippen molar-refractivity contribution in [3.63, 3.8) is 0 Å². The monoisotopic (exact) mass is 398 g/mol. The number of hydrogen-bond donors (Lipinski definition) is 3. The van der Waals surface area contributed by atoms with Crippen molar-refractivity contribution < 1.29 is 14.4 Å². The Bertz CT molecular complexity index is 711. The second kappa shape index (κ2) is 9.56. The molecule has 1 saturated heterocycles. The van der Waals surface area contributed by atoms with Gasteiger partial charge in [0.25, 0.3) is 0 Å². The van der Waals surface area contributed by atoms with Gasteiger partial charge in [-0.15, -0.1) is 6.58 Å². The lowest BCUT2D eigenvalue weighted by atomic mass is 10.2. The van der Waals surface area contributed by atoms with Crippen LogP contribution in [0.15, 0.2) is 30.9 Å². The van der Waals surface area contributed by atoms with Crippen molar-refractivity contribution in [2.75, 3.05) is 25.0 Å². The van der Waals surface area contributed by atoms with Crippen LogP contribution in [0.3, 0.4) is 0 Å². The molecule has 0 aliphatic carbocycles. The molecular weight excluding hydrogens is 379 g/mol. The minimum Gasteiger partial charge on any atom is -0.334 e. The molecule has 3 N–H and O–H groups in total. The molecule has 0 bridgehead atoms. The lowest BCUT2D eigenvalue weighted by molar-refractivity contribution is -0.124. The topological polar surface area (TPSA) is 90.5 Å². The van der Waals surface area contributed by atoms with E-state index in [0.717, 1.165) is 6.42 Å². The fourth-order valence-corrected chi connectivity index (χ4v) is 3.02. The van der Waals surface area contributed by atoms with Crippen LogP contribution in [-0.2, 0) is 9.59 Å². The molecule has 7 nitrogen and oxygen atoms in total. The maximum absolute atomic E-state index is 12.6. The van der Waals surface area contributed by atoms with Crippen LogP contribution in [0.25, 0.3) is 0 Å². The average molecular weight is 399 g/mol. The van der Waals surface area contributed by atoms with E-state index in [1.807, 2.05) is 0 Å². The van der Waals surface area contributed by atoms with Crippen molar-refractivity contribution in [1.29, 1.82) is 0 Å². The van der Waals surface area contributed by atoms with Crippen molar-refractivity contribution in [3.8, 4) is 0 Å². The predicted molar refractivity (Wildman–Crippen MR) is 101 cm³/mol. The van der Waals surface area contributed by atoms with Gasteiger partial charge in [-0.3, -0.25) is 19.8 Å². The highest BCUT2D eigenvalue weighted by Gasteiger charge is 2.32. The summed E-state index contributed by atoms with van der Waals surface area (Å²) in [5.74, 6) is -0.748. The summed E-state index contributed by atoms with van der Waals surface area (Å²) in [6.45, 7) is 4.26. The number of anilines is 1. The first-order valence-corrected chi connectivity index (χ1v) is 8.85. The van der Waals surface area contributed by atoms with Crippen molar-refractivity contribution in [2.45, 2.75) is 18.9 Å². The molecule has 1 aliphatic rings. The summed E-state index contributed by atoms with van der Waals surface area (Å²) in [6.07, 6.45) is 2.89. The highest BCUT2D eigenvalue weighted by Crippen LogP contribution is 2.27. The van der Waals surface area contributed by atoms with Gasteiger partial charge in [-0.2, -0.15) is 0 Å². The van der Waals surface area contributed by atoms with E-state index in [1.54, 1.807) is 23.1 Å². The average Bonchev–Trinajstić information content (AvgIpc) is 3.04. The molecule has 140 valence electrons. The summed E-state index contributed by atoms with van der Waals surface area (Å²) in [4.78, 5) is 37.8. The van der Waals surface area contributed by atoms with E-state index in [-0.39, 0.29) is 19.0 Å². The molecule has 1 heterocycles. The highest BCUT2D eigenvalue weighted by atomic mass is 35.5. The molecule has 1 fully saturated rings. The van der Waals surface area contributed by atoms with Crippen LogP contribution in [0.5, 0.6) is 0 Å². The number of carbonyl (C=O) groups excluding carboxylic acids is 3. The zero-order valence-electron chi connectivity index (χ0n) is 14.1. The minimum atomic E-state index is -0.596. The Labute approximate surface area is 161 Å². The van der Waals surface area contributed by atoms with E-state index in [9.17, 15) is 14.4 Å². The SMILES string of the molecule is C=CCNC(=O)NC(=O)CN1CCC[C@@H]1C(=O)Nc1cc(Cl)ccc1Cl. The molecule has 0 spiro atoms. The number of nitrogens with zero attached hydrogens (tertiary/aromatic N) is 1. The lowest BCUT2D eigenvalue weighted by Gasteiger charge is -2.23. The summed E-state index contributed by atoms with van der Waals surface area (Å²) in [7, 11) is 0. The first-order valence-electron chi connectivity index (χ1n) is 8.09. The van der Waals surface area contributed by atoms with Gasteiger partial charge >= 0.3 is 6.03 Å². The number of benzene rings is 1. The Balaban J connectivity index is 1.93. The zero-order valence-corrected chi connectivity index (χ0v) is 15.6. The molecule has 0 saturated carbocycles. The van der Waals surface area contributed by atoms with Gasteiger partial charge in [0.1, 0.15) is 0 Å². The third kappa shape index (κ3) is 5.72. The van der Waals surface area contributed by atoms with Crippen molar-refractivity contribution in [3.05, 3.63) is 40.9 Å². The van der Waals surface area contributed by atoms with Crippen LogP contribution in [0.2, 0.25) is 10.0 Å². The van der Waals surface area contributed by atoms with Crippen LogP contribution in [0.1, 0.15) is 12.8 Å². The van der Waals surface area contributed by atoms with Gasteiger partial charge in [-0.25, -0.2) is 4.79 Å². The van der Waals surface area contributed by atoms with E-state index < -0.39 is 18.0 Å². The molecular formula is C17H20Cl2N4O3. The molecule has 1 atom stereocenters. The maximum Gasteiger partial charge on any atom is 0.321 e. The summed E-state index contributed by atoms with van der Waals surface area (Å²) in [6, 6.07) is 3.72. The van der Waals surface area contributed by atoms with Crippen LogP contribution in [-0.4, -0.2) is 48.4 Å². The number of likely N-dealkylation sites (tertiary alicyclic amines) is 1. The smallest absolute Gasteiger partial charge is 0.321 e. The molecule has 26 heavy (non-hydrogen) atoms. The van der Waals surface area contributed by atoms with Gasteiger partial charge in [0.2, 0.25) is 11.8 Å². The van der Waals surface area contributed by atoms with Crippen LogP contribution < -0.4 is 16.0 Å². The van der Waals surface area contributed by atoms with Crippen molar-refractivity contribution >= 4 is 46.7 Å². The second-order valence-electron chi connectivity index (χ2n) is 5.79. The molecule has 0 aromatic heterocycles. The molecule has 0 radical (unpaired) electrons. The van der Waals surface area contributed by atoms with Gasteiger partial charge in [-0.1, -0.05) is 29.3 Å². The van der Waals surface area contributed by atoms with Gasteiger partial charge in [0, 0.05) is 11.6 Å². The van der Waals surface area contributed by atoms with Gasteiger partial charge in [0.05, 0.1) is 23.3 Å². The molecule has 9 heteroatoms. The lowest BCUT2D eigenvalue weighted by Crippen LogP contribution is -2.48. The van der Waals surface area contributed by atoms with E-state index in [2.05, 4.69) is 22.5 Å². The standard InChI is InChI=1S/C17H20Cl2N4O3/c1-2-7-20-17(26)22-15(24)10-23-8-3-4-14(23)16(25)21-13-9-11(18)5-6-12(13)19/h2,5-6,9,14H,1,3-4,7-8,10H2,(H,21,25)(H2,20,22,24,26)/t14-/m1/s1. The molecule has 2 rings (SSSR count). The third-order valence-electron chi connectivity index (χ3n) is 3.86. The molecule has 1 aromatic rings. The Hall–Kier alpha value is -2.09. The summed E-state index contributed by atoms with van der Waals surface area (Å²) >= 11 is 12.0. The first kappa shape index (κ1) is 20.2. The maximum atomic E-state index is 12.6. The predicted octanol–water partition coefficient (Wildman–Crippen LogP) is 2.41. The summed E-state index contributed by atoms with van der Waals surface area (Å²) in [5.41, 5.74) is 0.421. The van der Waals surface area contributed by atoms with Gasteiger partial charge in [0.15, 0.2) is 0 Å². The minimum absolute atomic E-state index is 0.0527. The Morgan fingerprint density at radius 1 is 1.31 bits per heavy atom. The number of halogens is 2. The summed E-state index contributed by atoms with van der Waals surface area (Å²) in [5, 5.41) is 8.25. The fourth-order valence-electron chi connectivity index (χ4n) is 2.68. The molecule has 1 aliphatic heterocycles. The third-order valence-corrected chi connectivity index (χ3v) is 4.42. The Kier molecular flexibility index (Phi) is 7.44. The normalized spacial score (nSPS) is 16.8. The van der Waals surface area contributed by atoms with Crippen LogP contribution in [0, 0.1) is 0 Å². The van der Waals surface area contributed by atoms with E-state index in [1.165, 1.54) is 6.08 Å².